The lowest BCUT2D eigenvalue weighted by atomic mass is 9.86. The molecular formula is C17H12Br2N2O2. The fourth-order valence-electron chi connectivity index (χ4n) is 3.68. The molecule has 1 aliphatic carbocycles. The van der Waals surface area contributed by atoms with Gasteiger partial charge in [0.15, 0.2) is 5.54 Å². The summed E-state index contributed by atoms with van der Waals surface area (Å²) < 4.78 is 1.76. The fraction of sp³-hybridized carbons (Fsp3) is 0.176. The van der Waals surface area contributed by atoms with E-state index in [1.165, 1.54) is 11.9 Å². The van der Waals surface area contributed by atoms with Gasteiger partial charge in [0.1, 0.15) is 0 Å². The predicted molar refractivity (Wildman–Crippen MR) is 94.0 cm³/mol. The van der Waals surface area contributed by atoms with Crippen molar-refractivity contribution >= 4 is 43.8 Å². The van der Waals surface area contributed by atoms with Gasteiger partial charge in [0.2, 0.25) is 0 Å². The van der Waals surface area contributed by atoms with E-state index in [-0.39, 0.29) is 11.9 Å². The predicted octanol–water partition coefficient (Wildman–Crippen LogP) is 3.96. The van der Waals surface area contributed by atoms with Crippen molar-refractivity contribution in [3.05, 3.63) is 56.5 Å². The maximum absolute atomic E-state index is 13.1. The summed E-state index contributed by atoms with van der Waals surface area (Å²) in [5.74, 6) is -0.221. The molecule has 0 N–H and O–H groups in total. The van der Waals surface area contributed by atoms with Crippen LogP contribution in [0.2, 0.25) is 0 Å². The molecule has 1 fully saturated rings. The molecule has 4 rings (SSSR count). The highest BCUT2D eigenvalue weighted by Gasteiger charge is 2.61. The molecule has 0 saturated carbocycles. The Morgan fingerprint density at radius 1 is 0.870 bits per heavy atom. The second-order valence-corrected chi connectivity index (χ2v) is 7.63. The van der Waals surface area contributed by atoms with Gasteiger partial charge in [-0.25, -0.2) is 4.79 Å². The minimum absolute atomic E-state index is 0.221. The Morgan fingerprint density at radius 2 is 1.35 bits per heavy atom. The van der Waals surface area contributed by atoms with E-state index in [2.05, 4.69) is 31.9 Å². The van der Waals surface area contributed by atoms with Gasteiger partial charge in [0.25, 0.3) is 5.91 Å². The van der Waals surface area contributed by atoms with E-state index in [0.29, 0.717) is 0 Å². The molecule has 3 amide bonds. The second-order valence-electron chi connectivity index (χ2n) is 5.80. The van der Waals surface area contributed by atoms with Crippen molar-refractivity contribution in [1.82, 2.24) is 9.80 Å². The van der Waals surface area contributed by atoms with Crippen LogP contribution >= 0.6 is 31.9 Å². The summed E-state index contributed by atoms with van der Waals surface area (Å²) in [6, 6.07) is 11.5. The Hall–Kier alpha value is -1.66. The van der Waals surface area contributed by atoms with Gasteiger partial charge in [-0.3, -0.25) is 9.69 Å². The van der Waals surface area contributed by atoms with Gasteiger partial charge in [0.05, 0.1) is 0 Å². The highest BCUT2D eigenvalue weighted by atomic mass is 79.9. The van der Waals surface area contributed by atoms with Crippen LogP contribution in [0.1, 0.15) is 11.1 Å². The molecule has 0 unspecified atom stereocenters. The first-order valence-corrected chi connectivity index (χ1v) is 8.64. The SMILES string of the molecule is CN1C(=O)N(C)C2(C1=O)c1cc(Br)ccc1-c1ccc(Br)cc12. The average molecular weight is 436 g/mol. The third-order valence-electron chi connectivity index (χ3n) is 4.72. The van der Waals surface area contributed by atoms with Gasteiger partial charge in [0, 0.05) is 34.2 Å². The summed E-state index contributed by atoms with van der Waals surface area (Å²) in [7, 11) is 3.22. The molecule has 6 heteroatoms. The molecule has 2 aromatic carbocycles. The number of amides is 3. The Bertz CT molecular complexity index is 843. The van der Waals surface area contributed by atoms with E-state index in [0.717, 1.165) is 31.2 Å². The third kappa shape index (κ3) is 1.65. The van der Waals surface area contributed by atoms with Crippen LogP contribution in [0.15, 0.2) is 45.3 Å². The van der Waals surface area contributed by atoms with Crippen molar-refractivity contribution in [2.45, 2.75) is 5.54 Å². The molecule has 0 bridgehead atoms. The number of nitrogens with zero attached hydrogens (tertiary/aromatic N) is 2. The summed E-state index contributed by atoms with van der Waals surface area (Å²) in [6.45, 7) is 0. The molecule has 1 aliphatic heterocycles. The Labute approximate surface area is 150 Å². The van der Waals surface area contributed by atoms with Gasteiger partial charge < -0.3 is 4.90 Å². The first kappa shape index (κ1) is 14.9. The molecule has 116 valence electrons. The minimum Gasteiger partial charge on any atom is -0.305 e. The minimum atomic E-state index is -1.09. The zero-order valence-electron chi connectivity index (χ0n) is 12.4. The highest BCUT2D eigenvalue weighted by molar-refractivity contribution is 9.10. The zero-order valence-corrected chi connectivity index (χ0v) is 15.6. The number of benzene rings is 2. The van der Waals surface area contributed by atoms with E-state index < -0.39 is 5.54 Å². The molecule has 1 spiro atoms. The van der Waals surface area contributed by atoms with E-state index in [4.69, 9.17) is 0 Å². The Balaban J connectivity index is 2.16. The summed E-state index contributed by atoms with van der Waals surface area (Å²) >= 11 is 6.97. The third-order valence-corrected chi connectivity index (χ3v) is 5.71. The number of fused-ring (bicyclic) bond motifs is 5. The lowest BCUT2D eigenvalue weighted by Crippen LogP contribution is -2.44. The molecule has 23 heavy (non-hydrogen) atoms. The number of hydrogen-bond donors (Lipinski definition) is 0. The van der Waals surface area contributed by atoms with Crippen molar-refractivity contribution in [3.8, 4) is 11.1 Å². The number of halogens is 2. The molecule has 1 saturated heterocycles. The molecule has 1 heterocycles. The van der Waals surface area contributed by atoms with Crippen molar-refractivity contribution in [1.29, 1.82) is 0 Å². The van der Waals surface area contributed by atoms with Gasteiger partial charge >= 0.3 is 6.03 Å². The van der Waals surface area contributed by atoms with Crippen molar-refractivity contribution in [3.63, 3.8) is 0 Å². The largest absolute Gasteiger partial charge is 0.327 e. The molecule has 0 aromatic heterocycles. The topological polar surface area (TPSA) is 40.6 Å². The van der Waals surface area contributed by atoms with Crippen LogP contribution in [0.4, 0.5) is 4.79 Å². The van der Waals surface area contributed by atoms with Crippen LogP contribution in [0.3, 0.4) is 0 Å². The normalized spacial score (nSPS) is 17.9. The standard InChI is InChI=1S/C17H12Br2N2O2/c1-20-15(22)17(21(2)16(20)23)13-7-9(18)3-5-11(13)12-6-4-10(19)8-14(12)17/h3-8H,1-2H3. The first-order chi connectivity index (χ1) is 10.9. The molecule has 2 aromatic rings. The zero-order chi connectivity index (χ0) is 16.5. The quantitative estimate of drug-likeness (QED) is 0.587. The van der Waals surface area contributed by atoms with E-state index in [1.807, 2.05) is 36.4 Å². The molecule has 0 atom stereocenters. The van der Waals surface area contributed by atoms with Crippen molar-refractivity contribution in [2.75, 3.05) is 14.1 Å². The van der Waals surface area contributed by atoms with Crippen LogP contribution in [0.5, 0.6) is 0 Å². The number of carbonyl (C=O) groups is 2. The van der Waals surface area contributed by atoms with Gasteiger partial charge in [-0.15, -0.1) is 0 Å². The van der Waals surface area contributed by atoms with Crippen LogP contribution in [0, 0.1) is 0 Å². The number of carbonyl (C=O) groups excluding carboxylic acids is 2. The molecular weight excluding hydrogens is 424 g/mol. The molecule has 0 radical (unpaired) electrons. The maximum Gasteiger partial charge on any atom is 0.327 e. The van der Waals surface area contributed by atoms with E-state index in [1.54, 1.807) is 11.9 Å². The van der Waals surface area contributed by atoms with Crippen LogP contribution < -0.4 is 0 Å². The van der Waals surface area contributed by atoms with E-state index in [9.17, 15) is 9.59 Å². The number of urea groups is 1. The fourth-order valence-corrected chi connectivity index (χ4v) is 4.40. The summed E-state index contributed by atoms with van der Waals surface area (Å²) in [4.78, 5) is 28.3. The second kappa shape index (κ2) is 4.68. The van der Waals surface area contributed by atoms with Crippen LogP contribution in [-0.4, -0.2) is 35.8 Å². The van der Waals surface area contributed by atoms with Crippen molar-refractivity contribution < 1.29 is 9.59 Å². The average Bonchev–Trinajstić information content (AvgIpc) is 2.89. The van der Waals surface area contributed by atoms with Gasteiger partial charge in [-0.1, -0.05) is 44.0 Å². The van der Waals surface area contributed by atoms with Gasteiger partial charge in [-0.2, -0.15) is 0 Å². The highest BCUT2D eigenvalue weighted by Crippen LogP contribution is 2.54. The summed E-state index contributed by atoms with van der Waals surface area (Å²) in [5, 5.41) is 0. The monoisotopic (exact) mass is 434 g/mol. The lowest BCUT2D eigenvalue weighted by molar-refractivity contribution is -0.130. The number of imide groups is 1. The van der Waals surface area contributed by atoms with Crippen LogP contribution in [0.25, 0.3) is 11.1 Å². The number of rotatable bonds is 0. The van der Waals surface area contributed by atoms with Crippen LogP contribution in [-0.2, 0) is 10.3 Å². The molecule has 4 nitrogen and oxygen atoms in total. The molecule has 2 aliphatic rings. The van der Waals surface area contributed by atoms with Crippen molar-refractivity contribution in [2.24, 2.45) is 0 Å². The number of likely N-dealkylation sites (N-methyl/N-ethyl adjacent to an activating group) is 2. The number of hydrogen-bond acceptors (Lipinski definition) is 2. The maximum atomic E-state index is 13.1. The Morgan fingerprint density at radius 3 is 1.74 bits per heavy atom. The smallest absolute Gasteiger partial charge is 0.305 e. The van der Waals surface area contributed by atoms with E-state index >= 15 is 0 Å². The summed E-state index contributed by atoms with van der Waals surface area (Å²) in [6.07, 6.45) is 0. The van der Waals surface area contributed by atoms with Gasteiger partial charge in [-0.05, 0) is 35.4 Å². The lowest BCUT2D eigenvalue weighted by Gasteiger charge is -2.30. The Kier molecular flexibility index (Phi) is 3.03. The summed E-state index contributed by atoms with van der Waals surface area (Å²) in [5.41, 5.74) is 2.55. The first-order valence-electron chi connectivity index (χ1n) is 7.05.